The first-order valence-corrected chi connectivity index (χ1v) is 15.5. The van der Waals surface area contributed by atoms with Gasteiger partial charge >= 0.3 is 18.4 Å². The van der Waals surface area contributed by atoms with Crippen LogP contribution in [0.1, 0.15) is 22.7 Å². The van der Waals surface area contributed by atoms with E-state index in [4.69, 9.17) is 4.74 Å². The molecule has 0 aromatic heterocycles. The highest BCUT2D eigenvalue weighted by Crippen LogP contribution is 2.49. The van der Waals surface area contributed by atoms with Gasteiger partial charge in [-0.1, -0.05) is 109 Å². The molecule has 5 nitrogen and oxygen atoms in total. The molecule has 5 rings (SSSR count). The van der Waals surface area contributed by atoms with Gasteiger partial charge in [0.2, 0.25) is 0 Å². The smallest absolute Gasteiger partial charge is 0.416 e. The lowest BCUT2D eigenvalue weighted by Crippen LogP contribution is -2.35. The van der Waals surface area contributed by atoms with Gasteiger partial charge < -0.3 is 20.5 Å². The lowest BCUT2D eigenvalue weighted by Gasteiger charge is -2.28. The number of halogens is 6. The zero-order valence-electron chi connectivity index (χ0n) is 24.3. The summed E-state index contributed by atoms with van der Waals surface area (Å²) in [6.07, 6.45) is -4.93. The number of rotatable bonds is 9. The summed E-state index contributed by atoms with van der Waals surface area (Å²) in [6.45, 7) is -0.383. The maximum atomic E-state index is 13.5. The molecule has 0 radical (unpaired) electrons. The van der Waals surface area contributed by atoms with Crippen molar-refractivity contribution in [3.8, 4) is 0 Å². The molecule has 0 aliphatic heterocycles. The standard InChI is InChI=1S/C35H27F6N2O3P/c36-34(37,38)24-19-25(35(39,40)41)21-26(20-24)42-33(45)43-30(23-11-4-1-5-12-23)22-46-32(44)29-17-10-18-31(29)47(27-13-6-2-7-14-27)28-15-8-3-9-16-28/h1-21,30,44H,22H2,(H2,42,43,45)/p-1/b32-29-. The molecule has 1 atom stereocenters. The van der Waals surface area contributed by atoms with Gasteiger partial charge in [-0.05, 0) is 47.6 Å². The minimum atomic E-state index is -5.09. The van der Waals surface area contributed by atoms with Crippen molar-refractivity contribution in [2.45, 2.75) is 18.4 Å². The Morgan fingerprint density at radius 3 is 1.79 bits per heavy atom. The van der Waals surface area contributed by atoms with E-state index in [2.05, 4.69) is 10.6 Å². The summed E-state index contributed by atoms with van der Waals surface area (Å²) in [5, 5.41) is 20.9. The maximum absolute atomic E-state index is 13.5. The fourth-order valence-corrected chi connectivity index (χ4v) is 7.29. The van der Waals surface area contributed by atoms with E-state index >= 15 is 0 Å². The summed E-state index contributed by atoms with van der Waals surface area (Å²) in [7, 11) is -1.14. The number of ether oxygens (including phenoxy) is 1. The molecule has 0 bridgehead atoms. The van der Waals surface area contributed by atoms with Gasteiger partial charge in [-0.25, -0.2) is 4.79 Å². The molecule has 4 aromatic rings. The molecule has 1 unspecified atom stereocenters. The van der Waals surface area contributed by atoms with Crippen molar-refractivity contribution in [3.63, 3.8) is 0 Å². The number of carbonyl (C=O) groups excluding carboxylic acids is 1. The number of urea groups is 1. The van der Waals surface area contributed by atoms with Gasteiger partial charge in [-0.15, -0.1) is 0 Å². The van der Waals surface area contributed by atoms with Crippen LogP contribution < -0.4 is 26.3 Å². The fraction of sp³-hybridized carbons (Fsp3) is 0.114. The van der Waals surface area contributed by atoms with Crippen molar-refractivity contribution < 1.29 is 41.0 Å². The predicted molar refractivity (Wildman–Crippen MR) is 167 cm³/mol. The number of hydrogen-bond acceptors (Lipinski definition) is 3. The Labute approximate surface area is 267 Å². The van der Waals surface area contributed by atoms with E-state index < -0.39 is 55.1 Å². The molecule has 0 saturated carbocycles. The van der Waals surface area contributed by atoms with Crippen LogP contribution in [0.3, 0.4) is 0 Å². The molecule has 1 aliphatic carbocycles. The Hall–Kier alpha value is -5.02. The largest absolute Gasteiger partial charge is 0.610 e. The minimum Gasteiger partial charge on any atom is -0.610 e. The molecule has 0 saturated heterocycles. The lowest BCUT2D eigenvalue weighted by molar-refractivity contribution is -0.358. The van der Waals surface area contributed by atoms with Gasteiger partial charge in [0.1, 0.15) is 0 Å². The summed E-state index contributed by atoms with van der Waals surface area (Å²) in [5.41, 5.74) is -3.07. The number of benzene rings is 4. The third kappa shape index (κ3) is 8.42. The van der Waals surface area contributed by atoms with Crippen LogP contribution in [0, 0.1) is 0 Å². The van der Waals surface area contributed by atoms with Gasteiger partial charge in [0.05, 0.1) is 23.1 Å². The normalized spacial score (nSPS) is 14.8. The van der Waals surface area contributed by atoms with Crippen molar-refractivity contribution in [3.05, 3.63) is 161 Å². The van der Waals surface area contributed by atoms with Gasteiger partial charge in [-0.2, -0.15) is 26.3 Å². The van der Waals surface area contributed by atoms with Gasteiger partial charge in [0.25, 0.3) is 0 Å². The third-order valence-electron chi connectivity index (χ3n) is 7.02. The first-order chi connectivity index (χ1) is 22.4. The Kier molecular flexibility index (Phi) is 10.1. The number of nitrogens with one attached hydrogen (secondary N) is 2. The molecule has 0 spiro atoms. The van der Waals surface area contributed by atoms with Gasteiger partial charge in [0, 0.05) is 17.9 Å². The van der Waals surface area contributed by atoms with E-state index in [9.17, 15) is 36.2 Å². The highest BCUT2D eigenvalue weighted by Gasteiger charge is 2.37. The van der Waals surface area contributed by atoms with Crippen LogP contribution in [0.4, 0.5) is 36.8 Å². The molecule has 47 heavy (non-hydrogen) atoms. The zero-order valence-corrected chi connectivity index (χ0v) is 25.2. The number of amides is 2. The van der Waals surface area contributed by atoms with E-state index in [-0.39, 0.29) is 12.7 Å². The van der Waals surface area contributed by atoms with Crippen molar-refractivity contribution >= 4 is 30.2 Å². The summed E-state index contributed by atoms with van der Waals surface area (Å²) >= 11 is 0. The highest BCUT2D eigenvalue weighted by atomic mass is 31.1. The van der Waals surface area contributed by atoms with Crippen LogP contribution in [0.25, 0.3) is 0 Å². The van der Waals surface area contributed by atoms with Crippen LogP contribution in [-0.2, 0) is 17.1 Å². The molecule has 2 amide bonds. The first-order valence-electron chi connectivity index (χ1n) is 14.1. The monoisotopic (exact) mass is 667 g/mol. The second-order valence-electron chi connectivity index (χ2n) is 10.3. The second kappa shape index (κ2) is 14.2. The maximum Gasteiger partial charge on any atom is 0.416 e. The van der Waals surface area contributed by atoms with E-state index in [1.165, 1.54) is 0 Å². The number of carbonyl (C=O) groups is 1. The second-order valence-corrected chi connectivity index (χ2v) is 12.5. The molecule has 2 N–H and O–H groups in total. The molecule has 0 fully saturated rings. The van der Waals surface area contributed by atoms with Crippen molar-refractivity contribution in [2.24, 2.45) is 0 Å². The van der Waals surface area contributed by atoms with E-state index in [0.717, 1.165) is 15.9 Å². The predicted octanol–water partition coefficient (Wildman–Crippen LogP) is 7.76. The van der Waals surface area contributed by atoms with Crippen LogP contribution >= 0.6 is 7.92 Å². The fourth-order valence-electron chi connectivity index (χ4n) is 4.86. The van der Waals surface area contributed by atoms with E-state index in [1.807, 2.05) is 66.7 Å². The molecule has 0 heterocycles. The number of alkyl halides is 6. The summed E-state index contributed by atoms with van der Waals surface area (Å²) in [5.74, 6) is -0.666. The van der Waals surface area contributed by atoms with Crippen LogP contribution in [0.2, 0.25) is 0 Å². The SMILES string of the molecule is O=C(Nc1cc(C(F)(F)F)cc(C(F)(F)F)c1)NC(CO/C([O-])=C1/C=CC=C1P(c1ccccc1)c1ccccc1)c1ccccc1. The van der Waals surface area contributed by atoms with Gasteiger partial charge in [-0.3, -0.25) is 0 Å². The molecular weight excluding hydrogens is 641 g/mol. The minimum absolute atomic E-state index is 0.0331. The Balaban J connectivity index is 1.38. The molecule has 4 aromatic carbocycles. The zero-order chi connectivity index (χ0) is 33.6. The summed E-state index contributed by atoms with van der Waals surface area (Å²) < 4.78 is 85.6. The number of allylic oxidation sites excluding steroid dienone is 5. The topological polar surface area (TPSA) is 73.4 Å². The molecule has 12 heteroatoms. The highest BCUT2D eigenvalue weighted by molar-refractivity contribution is 7.77. The molecule has 242 valence electrons. The van der Waals surface area contributed by atoms with Crippen LogP contribution in [-0.4, -0.2) is 12.6 Å². The van der Waals surface area contributed by atoms with Gasteiger partial charge in [0.15, 0.2) is 0 Å². The van der Waals surface area contributed by atoms with Crippen molar-refractivity contribution in [1.29, 1.82) is 0 Å². The summed E-state index contributed by atoms with van der Waals surface area (Å²) in [6, 6.07) is 26.3. The average molecular weight is 668 g/mol. The third-order valence-corrected chi connectivity index (χ3v) is 9.52. The van der Waals surface area contributed by atoms with Crippen LogP contribution in [0.5, 0.6) is 0 Å². The first kappa shape index (κ1) is 33.3. The summed E-state index contributed by atoms with van der Waals surface area (Å²) in [4.78, 5) is 12.9. The Morgan fingerprint density at radius 1 is 0.766 bits per heavy atom. The van der Waals surface area contributed by atoms with Crippen LogP contribution in [0.15, 0.2) is 144 Å². The Morgan fingerprint density at radius 2 is 1.28 bits per heavy atom. The quantitative estimate of drug-likeness (QED) is 0.109. The van der Waals surface area contributed by atoms with E-state index in [0.29, 0.717) is 23.3 Å². The molecular formula is C35H26F6N2O3P-. The number of hydrogen-bond donors (Lipinski definition) is 2. The average Bonchev–Trinajstić information content (AvgIpc) is 3.53. The van der Waals surface area contributed by atoms with Crippen molar-refractivity contribution in [2.75, 3.05) is 11.9 Å². The van der Waals surface area contributed by atoms with Crippen molar-refractivity contribution in [1.82, 2.24) is 5.32 Å². The lowest BCUT2D eigenvalue weighted by atomic mass is 10.1. The Bertz CT molecular complexity index is 1720. The number of anilines is 1. The van der Waals surface area contributed by atoms with E-state index in [1.54, 1.807) is 42.5 Å². The molecule has 1 aliphatic rings.